The van der Waals surface area contributed by atoms with Crippen LogP contribution < -0.4 is 10.1 Å². The molecular weight excluding hydrogens is 326 g/mol. The van der Waals surface area contributed by atoms with Crippen LogP contribution in [0.25, 0.3) is 0 Å². The summed E-state index contributed by atoms with van der Waals surface area (Å²) in [5.41, 5.74) is 2.66. The lowest BCUT2D eigenvalue weighted by Gasteiger charge is -2.21. The molecule has 2 aromatic carbocycles. The summed E-state index contributed by atoms with van der Waals surface area (Å²) in [6.07, 6.45) is 0. The molecule has 2 nitrogen and oxygen atoms in total. The van der Waals surface area contributed by atoms with Crippen molar-refractivity contribution < 1.29 is 4.74 Å². The average molecular weight is 348 g/mol. The standard InChI is InChI=1S/C18H22BrNO/c1-13-10-17(21-16-7-5-6-15(19)11-16)9-8-14(13)12-20-18(2,3)4/h5-11,20H,12H2,1-4H3. The molecule has 0 aromatic heterocycles. The van der Waals surface area contributed by atoms with Crippen molar-refractivity contribution in [1.29, 1.82) is 0 Å². The summed E-state index contributed by atoms with van der Waals surface area (Å²) in [5, 5.41) is 3.51. The predicted molar refractivity (Wildman–Crippen MR) is 92.0 cm³/mol. The lowest BCUT2D eigenvalue weighted by Crippen LogP contribution is -2.35. The molecule has 0 fully saturated rings. The number of nitrogens with one attached hydrogen (secondary N) is 1. The summed E-state index contributed by atoms with van der Waals surface area (Å²) in [7, 11) is 0. The lowest BCUT2D eigenvalue weighted by atomic mass is 10.1. The van der Waals surface area contributed by atoms with E-state index in [1.165, 1.54) is 11.1 Å². The maximum absolute atomic E-state index is 5.89. The van der Waals surface area contributed by atoms with Crippen LogP contribution in [0.3, 0.4) is 0 Å². The minimum atomic E-state index is 0.123. The fourth-order valence-electron chi connectivity index (χ4n) is 1.96. The Morgan fingerprint density at radius 3 is 2.38 bits per heavy atom. The van der Waals surface area contributed by atoms with Gasteiger partial charge in [0.25, 0.3) is 0 Å². The Hall–Kier alpha value is -1.32. The quantitative estimate of drug-likeness (QED) is 0.795. The molecule has 0 unspecified atom stereocenters. The molecule has 3 heteroatoms. The van der Waals surface area contributed by atoms with Crippen molar-refractivity contribution in [2.75, 3.05) is 0 Å². The van der Waals surface area contributed by atoms with Gasteiger partial charge < -0.3 is 10.1 Å². The number of hydrogen-bond acceptors (Lipinski definition) is 2. The van der Waals surface area contributed by atoms with Gasteiger partial charge in [0.2, 0.25) is 0 Å². The van der Waals surface area contributed by atoms with Crippen LogP contribution >= 0.6 is 15.9 Å². The summed E-state index contributed by atoms with van der Waals surface area (Å²) < 4.78 is 6.91. The lowest BCUT2D eigenvalue weighted by molar-refractivity contribution is 0.423. The first-order chi connectivity index (χ1) is 9.83. The minimum absolute atomic E-state index is 0.123. The van der Waals surface area contributed by atoms with Gasteiger partial charge in [0.1, 0.15) is 11.5 Å². The van der Waals surface area contributed by atoms with Crippen molar-refractivity contribution in [1.82, 2.24) is 5.32 Å². The summed E-state index contributed by atoms with van der Waals surface area (Å²) in [5.74, 6) is 1.70. The highest BCUT2D eigenvalue weighted by molar-refractivity contribution is 9.10. The SMILES string of the molecule is Cc1cc(Oc2cccc(Br)c2)ccc1CNC(C)(C)C. The van der Waals surface area contributed by atoms with Crippen molar-refractivity contribution in [2.24, 2.45) is 0 Å². The van der Waals surface area contributed by atoms with Gasteiger partial charge in [-0.25, -0.2) is 0 Å². The van der Waals surface area contributed by atoms with Crippen LogP contribution in [0.15, 0.2) is 46.9 Å². The van der Waals surface area contributed by atoms with Gasteiger partial charge >= 0.3 is 0 Å². The van der Waals surface area contributed by atoms with Crippen LogP contribution in [-0.2, 0) is 6.54 Å². The van der Waals surface area contributed by atoms with E-state index in [2.05, 4.69) is 61.1 Å². The molecule has 2 aromatic rings. The summed E-state index contributed by atoms with van der Waals surface area (Å²) in [6.45, 7) is 9.51. The van der Waals surface area contributed by atoms with Crippen molar-refractivity contribution in [3.8, 4) is 11.5 Å². The Bertz CT molecular complexity index is 617. The Labute approximate surface area is 135 Å². The van der Waals surface area contributed by atoms with Crippen LogP contribution in [0.1, 0.15) is 31.9 Å². The molecule has 0 spiro atoms. The van der Waals surface area contributed by atoms with E-state index in [0.29, 0.717) is 0 Å². The average Bonchev–Trinajstić information content (AvgIpc) is 2.36. The Morgan fingerprint density at radius 1 is 1.05 bits per heavy atom. The molecule has 0 aliphatic rings. The highest BCUT2D eigenvalue weighted by Crippen LogP contribution is 2.26. The number of ether oxygens (including phenoxy) is 1. The third kappa shape index (κ3) is 5.18. The zero-order chi connectivity index (χ0) is 15.5. The first kappa shape index (κ1) is 16.1. The van der Waals surface area contributed by atoms with Gasteiger partial charge in [0.05, 0.1) is 0 Å². The fourth-order valence-corrected chi connectivity index (χ4v) is 2.34. The van der Waals surface area contributed by atoms with E-state index in [4.69, 9.17) is 4.74 Å². The van der Waals surface area contributed by atoms with Gasteiger partial charge in [0.15, 0.2) is 0 Å². The van der Waals surface area contributed by atoms with Gasteiger partial charge in [-0.2, -0.15) is 0 Å². The van der Waals surface area contributed by atoms with Gasteiger partial charge in [-0.3, -0.25) is 0 Å². The highest BCUT2D eigenvalue weighted by Gasteiger charge is 2.10. The number of aryl methyl sites for hydroxylation is 1. The highest BCUT2D eigenvalue weighted by atomic mass is 79.9. The van der Waals surface area contributed by atoms with E-state index in [1.54, 1.807) is 0 Å². The molecular formula is C18H22BrNO. The molecule has 0 saturated carbocycles. The molecule has 112 valence electrons. The van der Waals surface area contributed by atoms with Crippen LogP contribution in [-0.4, -0.2) is 5.54 Å². The number of rotatable bonds is 4. The second kappa shape index (κ2) is 6.63. The second-order valence-electron chi connectivity index (χ2n) is 6.25. The van der Waals surface area contributed by atoms with E-state index in [9.17, 15) is 0 Å². The molecule has 0 aliphatic carbocycles. The Kier molecular flexibility index (Phi) is 5.07. The summed E-state index contributed by atoms with van der Waals surface area (Å²) >= 11 is 3.45. The van der Waals surface area contributed by atoms with E-state index >= 15 is 0 Å². The van der Waals surface area contributed by atoms with Crippen LogP contribution in [0, 0.1) is 6.92 Å². The molecule has 21 heavy (non-hydrogen) atoms. The maximum Gasteiger partial charge on any atom is 0.128 e. The number of benzene rings is 2. The third-order valence-electron chi connectivity index (χ3n) is 3.16. The largest absolute Gasteiger partial charge is 0.457 e. The fraction of sp³-hybridized carbons (Fsp3) is 0.333. The van der Waals surface area contributed by atoms with Crippen molar-refractivity contribution in [3.63, 3.8) is 0 Å². The monoisotopic (exact) mass is 347 g/mol. The molecule has 0 amide bonds. The van der Waals surface area contributed by atoms with Gasteiger partial charge in [-0.15, -0.1) is 0 Å². The second-order valence-corrected chi connectivity index (χ2v) is 7.17. The number of hydrogen-bond donors (Lipinski definition) is 1. The summed E-state index contributed by atoms with van der Waals surface area (Å²) in [6, 6.07) is 14.1. The molecule has 0 aliphatic heterocycles. The third-order valence-corrected chi connectivity index (χ3v) is 3.65. The first-order valence-corrected chi connectivity index (χ1v) is 7.91. The van der Waals surface area contributed by atoms with Gasteiger partial charge in [-0.05, 0) is 69.2 Å². The van der Waals surface area contributed by atoms with E-state index < -0.39 is 0 Å². The van der Waals surface area contributed by atoms with Crippen molar-refractivity contribution in [3.05, 3.63) is 58.1 Å². The Morgan fingerprint density at radius 2 is 1.76 bits per heavy atom. The minimum Gasteiger partial charge on any atom is -0.457 e. The predicted octanol–water partition coefficient (Wildman–Crippen LogP) is 5.44. The molecule has 2 rings (SSSR count). The van der Waals surface area contributed by atoms with Crippen molar-refractivity contribution in [2.45, 2.75) is 39.8 Å². The molecule has 1 N–H and O–H groups in total. The van der Waals surface area contributed by atoms with Crippen molar-refractivity contribution >= 4 is 15.9 Å². The van der Waals surface area contributed by atoms with Gasteiger partial charge in [0, 0.05) is 16.6 Å². The smallest absolute Gasteiger partial charge is 0.128 e. The molecule has 0 heterocycles. The van der Waals surface area contributed by atoms with Crippen LogP contribution in [0.2, 0.25) is 0 Å². The zero-order valence-electron chi connectivity index (χ0n) is 13.0. The van der Waals surface area contributed by atoms with E-state index in [-0.39, 0.29) is 5.54 Å². The van der Waals surface area contributed by atoms with E-state index in [0.717, 1.165) is 22.5 Å². The van der Waals surface area contributed by atoms with Crippen LogP contribution in [0.4, 0.5) is 0 Å². The van der Waals surface area contributed by atoms with E-state index in [1.807, 2.05) is 30.3 Å². The number of halogens is 1. The molecule has 0 radical (unpaired) electrons. The Balaban J connectivity index is 2.08. The topological polar surface area (TPSA) is 21.3 Å². The first-order valence-electron chi connectivity index (χ1n) is 7.11. The molecule has 0 saturated heterocycles. The molecule has 0 atom stereocenters. The zero-order valence-corrected chi connectivity index (χ0v) is 14.6. The normalized spacial score (nSPS) is 11.5. The summed E-state index contributed by atoms with van der Waals surface area (Å²) in [4.78, 5) is 0. The molecule has 0 bridgehead atoms. The van der Waals surface area contributed by atoms with Gasteiger partial charge in [-0.1, -0.05) is 28.1 Å². The van der Waals surface area contributed by atoms with Crippen LogP contribution in [0.5, 0.6) is 11.5 Å². The maximum atomic E-state index is 5.89.